The van der Waals surface area contributed by atoms with Crippen molar-refractivity contribution in [2.45, 2.75) is 6.04 Å². The molecule has 0 saturated carbocycles. The van der Waals surface area contributed by atoms with Crippen molar-refractivity contribution in [3.63, 3.8) is 0 Å². The zero-order chi connectivity index (χ0) is 11.2. The van der Waals surface area contributed by atoms with E-state index in [0.29, 0.717) is 4.47 Å². The van der Waals surface area contributed by atoms with Gasteiger partial charge in [0.15, 0.2) is 0 Å². The van der Waals surface area contributed by atoms with Crippen molar-refractivity contribution in [3.8, 4) is 0 Å². The summed E-state index contributed by atoms with van der Waals surface area (Å²) in [7, 11) is 0. The van der Waals surface area contributed by atoms with Crippen molar-refractivity contribution in [1.82, 2.24) is 0 Å². The Labute approximate surface area is 92.4 Å². The highest BCUT2D eigenvalue weighted by molar-refractivity contribution is 9.10. The molecule has 0 spiro atoms. The number of nitro groups is 1. The van der Waals surface area contributed by atoms with E-state index in [-0.39, 0.29) is 11.1 Å². The van der Waals surface area contributed by atoms with E-state index >= 15 is 0 Å². The number of halogens is 1. The van der Waals surface area contributed by atoms with Gasteiger partial charge in [-0.15, -0.1) is 0 Å². The summed E-state index contributed by atoms with van der Waals surface area (Å²) in [6.45, 7) is 0. The molecule has 6 heteroatoms. The SMILES string of the molecule is O=C1c2cccc(Br)c2C(=O)[C@@H]1[N+](=O)[O-]. The molecule has 0 aromatic heterocycles. The Morgan fingerprint density at radius 3 is 2.47 bits per heavy atom. The molecule has 2 rings (SSSR count). The van der Waals surface area contributed by atoms with Crippen molar-refractivity contribution in [2.24, 2.45) is 0 Å². The summed E-state index contributed by atoms with van der Waals surface area (Å²) >= 11 is 3.10. The van der Waals surface area contributed by atoms with Gasteiger partial charge in [0.25, 0.3) is 0 Å². The molecule has 1 aromatic carbocycles. The molecule has 0 radical (unpaired) electrons. The van der Waals surface area contributed by atoms with Crippen LogP contribution in [-0.4, -0.2) is 22.5 Å². The lowest BCUT2D eigenvalue weighted by molar-refractivity contribution is -0.488. The van der Waals surface area contributed by atoms with Gasteiger partial charge in [0.1, 0.15) is 0 Å². The summed E-state index contributed by atoms with van der Waals surface area (Å²) in [4.78, 5) is 32.8. The summed E-state index contributed by atoms with van der Waals surface area (Å²) in [6.07, 6.45) is 0. The highest BCUT2D eigenvalue weighted by atomic mass is 79.9. The third-order valence-corrected chi connectivity index (χ3v) is 2.89. The molecular formula is C9H4BrNO4. The van der Waals surface area contributed by atoms with Crippen LogP contribution < -0.4 is 0 Å². The first kappa shape index (κ1) is 9.97. The number of rotatable bonds is 1. The number of hydrogen-bond donors (Lipinski definition) is 0. The van der Waals surface area contributed by atoms with E-state index in [1.807, 2.05) is 0 Å². The molecule has 1 aromatic rings. The van der Waals surface area contributed by atoms with Crippen LogP contribution in [0.2, 0.25) is 0 Å². The Morgan fingerprint density at radius 2 is 1.93 bits per heavy atom. The summed E-state index contributed by atoms with van der Waals surface area (Å²) in [5.41, 5.74) is 0.236. The molecule has 5 nitrogen and oxygen atoms in total. The molecule has 0 bridgehead atoms. The van der Waals surface area contributed by atoms with Gasteiger partial charge in [-0.2, -0.15) is 0 Å². The molecular weight excluding hydrogens is 266 g/mol. The second kappa shape index (κ2) is 3.23. The van der Waals surface area contributed by atoms with Crippen LogP contribution in [-0.2, 0) is 0 Å². The Bertz CT molecular complexity index is 497. The lowest BCUT2D eigenvalue weighted by Gasteiger charge is -1.96. The first-order chi connectivity index (χ1) is 7.04. The van der Waals surface area contributed by atoms with E-state index in [4.69, 9.17) is 0 Å². The van der Waals surface area contributed by atoms with E-state index in [1.165, 1.54) is 6.07 Å². The van der Waals surface area contributed by atoms with Crippen LogP contribution in [0.3, 0.4) is 0 Å². The second-order valence-corrected chi connectivity index (χ2v) is 3.93. The van der Waals surface area contributed by atoms with Crippen LogP contribution in [0, 0.1) is 10.1 Å². The Hall–Kier alpha value is -1.56. The standard InChI is InChI=1S/C9H4BrNO4/c10-5-3-1-2-4-6(5)9(13)7(8(4)12)11(14)15/h1-3,7H/t7-/m1/s1. The first-order valence-electron chi connectivity index (χ1n) is 4.04. The molecule has 0 amide bonds. The lowest BCUT2D eigenvalue weighted by Crippen LogP contribution is -2.31. The third-order valence-electron chi connectivity index (χ3n) is 2.23. The topological polar surface area (TPSA) is 77.3 Å². The van der Waals surface area contributed by atoms with Crippen molar-refractivity contribution < 1.29 is 14.5 Å². The average molecular weight is 270 g/mol. The van der Waals surface area contributed by atoms with Crippen molar-refractivity contribution in [2.75, 3.05) is 0 Å². The van der Waals surface area contributed by atoms with Crippen LogP contribution in [0.25, 0.3) is 0 Å². The fraction of sp³-hybridized carbons (Fsp3) is 0.111. The van der Waals surface area contributed by atoms with Gasteiger partial charge >= 0.3 is 6.04 Å². The van der Waals surface area contributed by atoms with Crippen LogP contribution >= 0.6 is 15.9 Å². The normalized spacial score (nSPS) is 19.1. The maximum absolute atomic E-state index is 11.6. The fourth-order valence-corrected chi connectivity index (χ4v) is 2.14. The molecule has 1 atom stereocenters. The molecule has 0 N–H and O–H groups in total. The molecule has 1 aliphatic carbocycles. The van der Waals surface area contributed by atoms with E-state index in [0.717, 1.165) is 0 Å². The molecule has 0 saturated heterocycles. The monoisotopic (exact) mass is 269 g/mol. The number of ketones is 2. The Balaban J connectivity index is 2.66. The molecule has 76 valence electrons. The second-order valence-electron chi connectivity index (χ2n) is 3.08. The third kappa shape index (κ3) is 1.29. The number of carbonyl (C=O) groups is 2. The zero-order valence-electron chi connectivity index (χ0n) is 7.27. The minimum Gasteiger partial charge on any atom is -0.286 e. The van der Waals surface area contributed by atoms with E-state index in [1.54, 1.807) is 12.1 Å². The summed E-state index contributed by atoms with van der Waals surface area (Å²) in [6, 6.07) is 2.80. The van der Waals surface area contributed by atoms with E-state index < -0.39 is 22.5 Å². The van der Waals surface area contributed by atoms with Gasteiger partial charge in [-0.1, -0.05) is 28.1 Å². The first-order valence-corrected chi connectivity index (χ1v) is 4.83. The highest BCUT2D eigenvalue weighted by Gasteiger charge is 2.48. The summed E-state index contributed by atoms with van der Waals surface area (Å²) in [5.74, 6) is -1.48. The van der Waals surface area contributed by atoms with Gasteiger partial charge in [0.2, 0.25) is 11.6 Å². The van der Waals surface area contributed by atoms with Gasteiger partial charge < -0.3 is 0 Å². The zero-order valence-corrected chi connectivity index (χ0v) is 8.85. The van der Waals surface area contributed by atoms with Crippen molar-refractivity contribution in [1.29, 1.82) is 0 Å². The maximum Gasteiger partial charge on any atom is 0.336 e. The van der Waals surface area contributed by atoms with Crippen LogP contribution in [0.4, 0.5) is 0 Å². The number of fused-ring (bicyclic) bond motifs is 1. The Kier molecular flexibility index (Phi) is 2.15. The fourth-order valence-electron chi connectivity index (χ4n) is 1.57. The number of carbonyl (C=O) groups excluding carboxylic acids is 2. The number of benzene rings is 1. The Morgan fingerprint density at radius 1 is 1.27 bits per heavy atom. The maximum atomic E-state index is 11.6. The summed E-state index contributed by atoms with van der Waals surface area (Å²) in [5, 5.41) is 10.6. The smallest absolute Gasteiger partial charge is 0.286 e. The van der Waals surface area contributed by atoms with Crippen molar-refractivity contribution >= 4 is 27.5 Å². The number of Topliss-reactive ketones (excluding diaryl/α,β-unsaturated/α-hetero) is 2. The van der Waals surface area contributed by atoms with Crippen molar-refractivity contribution in [3.05, 3.63) is 43.9 Å². The molecule has 0 unspecified atom stereocenters. The van der Waals surface area contributed by atoms with Gasteiger partial charge in [0, 0.05) is 15.0 Å². The van der Waals surface area contributed by atoms with Gasteiger partial charge in [-0.05, 0) is 6.07 Å². The van der Waals surface area contributed by atoms with Crippen LogP contribution in [0.5, 0.6) is 0 Å². The minimum atomic E-state index is -1.77. The average Bonchev–Trinajstić information content (AvgIpc) is 2.40. The number of nitrogens with zero attached hydrogens (tertiary/aromatic N) is 1. The molecule has 1 aliphatic rings. The van der Waals surface area contributed by atoms with Gasteiger partial charge in [-0.3, -0.25) is 19.7 Å². The van der Waals surface area contributed by atoms with E-state index in [9.17, 15) is 19.7 Å². The largest absolute Gasteiger partial charge is 0.336 e. The lowest BCUT2D eigenvalue weighted by atomic mass is 10.1. The van der Waals surface area contributed by atoms with E-state index in [2.05, 4.69) is 15.9 Å². The molecule has 0 fully saturated rings. The quantitative estimate of drug-likeness (QED) is 0.440. The van der Waals surface area contributed by atoms with Crippen LogP contribution in [0.15, 0.2) is 22.7 Å². The minimum absolute atomic E-state index is 0.115. The molecule has 0 heterocycles. The summed E-state index contributed by atoms with van der Waals surface area (Å²) < 4.78 is 0.419. The number of hydrogen-bond acceptors (Lipinski definition) is 4. The van der Waals surface area contributed by atoms with Gasteiger partial charge in [-0.25, -0.2) is 0 Å². The van der Waals surface area contributed by atoms with Gasteiger partial charge in [0.05, 0.1) is 5.56 Å². The molecule has 0 aliphatic heterocycles. The predicted octanol–water partition coefficient (Wildman–Crippen LogP) is 1.47. The highest BCUT2D eigenvalue weighted by Crippen LogP contribution is 2.30. The molecule has 15 heavy (non-hydrogen) atoms. The van der Waals surface area contributed by atoms with Crippen LogP contribution in [0.1, 0.15) is 20.7 Å². The predicted molar refractivity (Wildman–Crippen MR) is 53.6 cm³/mol.